The van der Waals surface area contributed by atoms with E-state index in [4.69, 9.17) is 5.73 Å². The molecule has 0 saturated heterocycles. The SMILES string of the molecule is C=CC[n+]1c(N)c(S(=O)(=O)c2ccc(C)c(C)c2)cc2c(=O)n3cccc(C)c3nc21. The van der Waals surface area contributed by atoms with Crippen molar-refractivity contribution in [3.05, 3.63) is 82.3 Å². The maximum Gasteiger partial charge on any atom is 0.278 e. The highest BCUT2D eigenvalue weighted by molar-refractivity contribution is 7.91. The van der Waals surface area contributed by atoms with Crippen LogP contribution in [0.5, 0.6) is 0 Å². The van der Waals surface area contributed by atoms with Gasteiger partial charge in [-0.25, -0.2) is 13.0 Å². The average molecular weight is 436 g/mol. The van der Waals surface area contributed by atoms with E-state index in [2.05, 4.69) is 11.6 Å². The number of rotatable bonds is 4. The predicted octanol–water partition coefficient (Wildman–Crippen LogP) is 2.66. The van der Waals surface area contributed by atoms with Crippen LogP contribution in [-0.2, 0) is 16.4 Å². The van der Waals surface area contributed by atoms with Gasteiger partial charge in [-0.05, 0) is 56.2 Å². The smallest absolute Gasteiger partial charge is 0.278 e. The molecule has 2 N–H and O–H groups in total. The maximum atomic E-state index is 13.5. The van der Waals surface area contributed by atoms with Gasteiger partial charge >= 0.3 is 0 Å². The maximum absolute atomic E-state index is 13.5. The molecule has 0 aliphatic carbocycles. The average Bonchev–Trinajstić information content (AvgIpc) is 2.73. The first-order valence-corrected chi connectivity index (χ1v) is 11.2. The number of aromatic nitrogens is 3. The molecular weight excluding hydrogens is 412 g/mol. The summed E-state index contributed by atoms with van der Waals surface area (Å²) in [7, 11) is -3.98. The Morgan fingerprint density at radius 3 is 2.55 bits per heavy atom. The molecule has 3 heterocycles. The molecule has 0 saturated carbocycles. The van der Waals surface area contributed by atoms with E-state index < -0.39 is 9.84 Å². The Kier molecular flexibility index (Phi) is 4.89. The van der Waals surface area contributed by atoms with Gasteiger partial charge in [-0.2, -0.15) is 0 Å². The van der Waals surface area contributed by atoms with Crippen LogP contribution in [0, 0.1) is 20.8 Å². The third kappa shape index (κ3) is 3.19. The highest BCUT2D eigenvalue weighted by Crippen LogP contribution is 2.27. The summed E-state index contributed by atoms with van der Waals surface area (Å²) in [5.41, 5.74) is 9.44. The predicted molar refractivity (Wildman–Crippen MR) is 120 cm³/mol. The molecule has 0 unspecified atom stereocenters. The third-order valence-electron chi connectivity index (χ3n) is 5.53. The fourth-order valence-corrected chi connectivity index (χ4v) is 5.11. The number of fused-ring (bicyclic) bond motifs is 2. The Labute approximate surface area is 180 Å². The first kappa shape index (κ1) is 20.7. The molecule has 4 rings (SSSR count). The van der Waals surface area contributed by atoms with Gasteiger partial charge in [0.05, 0.1) is 11.4 Å². The summed E-state index contributed by atoms with van der Waals surface area (Å²) in [6, 6.07) is 9.85. The molecular formula is C23H23N4O3S+. The van der Waals surface area contributed by atoms with E-state index in [1.807, 2.05) is 26.8 Å². The molecule has 0 aliphatic heterocycles. The molecule has 0 amide bonds. The van der Waals surface area contributed by atoms with Crippen molar-refractivity contribution in [2.45, 2.75) is 37.1 Å². The van der Waals surface area contributed by atoms with Crippen molar-refractivity contribution in [1.82, 2.24) is 9.38 Å². The van der Waals surface area contributed by atoms with Crippen LogP contribution in [0.25, 0.3) is 16.7 Å². The number of hydrogen-bond acceptors (Lipinski definition) is 5. The number of sulfone groups is 1. The summed E-state index contributed by atoms with van der Waals surface area (Å²) in [4.78, 5) is 17.9. The number of hydrogen-bond donors (Lipinski definition) is 1. The molecule has 4 aromatic rings. The summed E-state index contributed by atoms with van der Waals surface area (Å²) in [5.74, 6) is 0.00969. The number of nitrogens with two attached hydrogens (primary N) is 1. The summed E-state index contributed by atoms with van der Waals surface area (Å²) >= 11 is 0. The first-order chi connectivity index (χ1) is 14.7. The van der Waals surface area contributed by atoms with Gasteiger partial charge in [0.25, 0.3) is 11.2 Å². The minimum atomic E-state index is -3.98. The standard InChI is InChI=1S/C23H22N4O3S/c1-5-10-26-20(24)19(31(29,30)17-9-8-14(2)16(4)12-17)13-18-22(26)25-21-15(3)7-6-11-27(21)23(18)28/h5-9,11-13,24H,1,10H2,2-4H3/p+1. The Balaban J connectivity index is 2.14. The van der Waals surface area contributed by atoms with Gasteiger partial charge < -0.3 is 5.73 Å². The van der Waals surface area contributed by atoms with Gasteiger partial charge in [-0.1, -0.05) is 29.8 Å². The molecule has 0 bridgehead atoms. The normalized spacial score (nSPS) is 11.8. The highest BCUT2D eigenvalue weighted by atomic mass is 32.2. The van der Waals surface area contributed by atoms with Gasteiger partial charge in [0.15, 0.2) is 0 Å². The number of aryl methyl sites for hydroxylation is 3. The van der Waals surface area contributed by atoms with Gasteiger partial charge in [-0.3, -0.25) is 9.20 Å². The molecule has 7 nitrogen and oxygen atoms in total. The van der Waals surface area contributed by atoms with Crippen LogP contribution in [0.3, 0.4) is 0 Å². The Hall–Kier alpha value is -3.52. The molecule has 0 fully saturated rings. The van der Waals surface area contributed by atoms with Crippen LogP contribution in [-0.4, -0.2) is 17.8 Å². The monoisotopic (exact) mass is 435 g/mol. The zero-order valence-electron chi connectivity index (χ0n) is 17.6. The third-order valence-corrected chi connectivity index (χ3v) is 7.31. The number of benzene rings is 1. The molecule has 0 aliphatic rings. The molecule has 31 heavy (non-hydrogen) atoms. The van der Waals surface area contributed by atoms with Crippen molar-refractivity contribution in [1.29, 1.82) is 0 Å². The van der Waals surface area contributed by atoms with Crippen molar-refractivity contribution in [3.63, 3.8) is 0 Å². The lowest BCUT2D eigenvalue weighted by Crippen LogP contribution is -2.41. The van der Waals surface area contributed by atoms with E-state index in [-0.39, 0.29) is 33.1 Å². The van der Waals surface area contributed by atoms with Crippen LogP contribution in [0.15, 0.2) is 69.8 Å². The van der Waals surface area contributed by atoms with E-state index in [1.54, 1.807) is 36.5 Å². The van der Waals surface area contributed by atoms with Gasteiger partial charge in [0.1, 0.15) is 10.3 Å². The van der Waals surface area contributed by atoms with Gasteiger partial charge in [0, 0.05) is 11.8 Å². The van der Waals surface area contributed by atoms with Crippen molar-refractivity contribution in [2.24, 2.45) is 0 Å². The van der Waals surface area contributed by atoms with Crippen LogP contribution in [0.2, 0.25) is 0 Å². The molecule has 0 atom stereocenters. The lowest BCUT2D eigenvalue weighted by atomic mass is 10.1. The number of nitrogens with zero attached hydrogens (tertiary/aromatic N) is 3. The molecule has 0 radical (unpaired) electrons. The lowest BCUT2D eigenvalue weighted by molar-refractivity contribution is -0.649. The van der Waals surface area contributed by atoms with Crippen LogP contribution < -0.4 is 15.9 Å². The summed E-state index contributed by atoms with van der Waals surface area (Å²) in [6.07, 6.45) is 3.20. The lowest BCUT2D eigenvalue weighted by Gasteiger charge is -2.13. The first-order valence-electron chi connectivity index (χ1n) is 9.74. The largest absolute Gasteiger partial charge is 0.317 e. The van der Waals surface area contributed by atoms with Crippen molar-refractivity contribution < 1.29 is 13.0 Å². The van der Waals surface area contributed by atoms with Crippen molar-refractivity contribution in [2.75, 3.05) is 5.73 Å². The van der Waals surface area contributed by atoms with E-state index in [1.165, 1.54) is 15.0 Å². The van der Waals surface area contributed by atoms with E-state index in [9.17, 15) is 13.2 Å². The number of nitrogen functional groups attached to an aromatic ring is 1. The van der Waals surface area contributed by atoms with E-state index in [0.29, 0.717) is 11.3 Å². The quantitative estimate of drug-likeness (QED) is 0.302. The second-order valence-electron chi connectivity index (χ2n) is 7.58. The van der Waals surface area contributed by atoms with Crippen LogP contribution in [0.4, 0.5) is 5.82 Å². The number of pyridine rings is 2. The fourth-order valence-electron chi connectivity index (χ4n) is 3.62. The topological polar surface area (TPSA) is 98.4 Å². The minimum absolute atomic E-state index is 0.00969. The minimum Gasteiger partial charge on any atom is -0.317 e. The molecule has 158 valence electrons. The zero-order valence-corrected chi connectivity index (χ0v) is 18.4. The van der Waals surface area contributed by atoms with Gasteiger partial charge in [0.2, 0.25) is 21.3 Å². The molecule has 1 aromatic carbocycles. The van der Waals surface area contributed by atoms with Crippen molar-refractivity contribution in [3.8, 4) is 0 Å². The summed E-state index contributed by atoms with van der Waals surface area (Å²) in [6.45, 7) is 9.56. The highest BCUT2D eigenvalue weighted by Gasteiger charge is 2.29. The summed E-state index contributed by atoms with van der Waals surface area (Å²) < 4.78 is 29.9. The fraction of sp³-hybridized carbons (Fsp3) is 0.174. The molecule has 8 heteroatoms. The van der Waals surface area contributed by atoms with Gasteiger partial charge in [-0.15, -0.1) is 0 Å². The number of allylic oxidation sites excluding steroid dienone is 1. The summed E-state index contributed by atoms with van der Waals surface area (Å²) in [5, 5.41) is 0.168. The Morgan fingerprint density at radius 2 is 1.87 bits per heavy atom. The Bertz CT molecular complexity index is 1550. The second kappa shape index (κ2) is 7.31. The number of anilines is 1. The van der Waals surface area contributed by atoms with E-state index in [0.717, 1.165) is 16.7 Å². The molecule has 0 spiro atoms. The Morgan fingerprint density at radius 1 is 1.13 bits per heavy atom. The van der Waals surface area contributed by atoms with E-state index >= 15 is 0 Å². The van der Waals surface area contributed by atoms with Crippen LogP contribution in [0.1, 0.15) is 16.7 Å². The zero-order chi connectivity index (χ0) is 22.5. The molecule has 3 aromatic heterocycles. The van der Waals surface area contributed by atoms with Crippen LogP contribution >= 0.6 is 0 Å². The second-order valence-corrected chi connectivity index (χ2v) is 9.50. The van der Waals surface area contributed by atoms with Crippen molar-refractivity contribution >= 4 is 32.3 Å².